The lowest BCUT2D eigenvalue weighted by atomic mass is 10.3. The van der Waals surface area contributed by atoms with Crippen molar-refractivity contribution in [2.45, 2.75) is 13.5 Å². The summed E-state index contributed by atoms with van der Waals surface area (Å²) in [7, 11) is 0. The molecule has 1 aromatic carbocycles. The maximum atomic E-state index is 6.02. The number of hydrogen-bond acceptors (Lipinski definition) is 4. The van der Waals surface area contributed by atoms with Gasteiger partial charge in [-0.1, -0.05) is 23.2 Å². The normalized spacial score (nSPS) is 16.0. The Hall–Kier alpha value is -1.27. The average molecular weight is 342 g/mol. The second-order valence-corrected chi connectivity index (χ2v) is 6.09. The Morgan fingerprint density at radius 1 is 1.23 bits per heavy atom. The van der Waals surface area contributed by atoms with Crippen LogP contribution in [-0.4, -0.2) is 41.4 Å². The first kappa shape index (κ1) is 15.6. The summed E-state index contributed by atoms with van der Waals surface area (Å²) in [5, 5.41) is 8.38. The zero-order valence-electron chi connectivity index (χ0n) is 12.2. The topological polar surface area (TPSA) is 50.4 Å². The number of aromatic amines is 1. The van der Waals surface area contributed by atoms with E-state index in [1.807, 2.05) is 6.92 Å². The Morgan fingerprint density at radius 2 is 1.91 bits per heavy atom. The van der Waals surface area contributed by atoms with Crippen LogP contribution in [0.2, 0.25) is 10.0 Å². The van der Waals surface area contributed by atoms with Crippen molar-refractivity contribution in [1.29, 1.82) is 0 Å². The molecule has 0 radical (unpaired) electrons. The van der Waals surface area contributed by atoms with E-state index in [0.29, 0.717) is 15.8 Å². The third-order valence-corrected chi connectivity index (χ3v) is 3.94. The summed E-state index contributed by atoms with van der Waals surface area (Å²) in [5.74, 6) is 1.33. The van der Waals surface area contributed by atoms with Crippen molar-refractivity contribution in [1.82, 2.24) is 15.1 Å². The maximum absolute atomic E-state index is 6.02. The number of aryl methyl sites for hydroxylation is 1. The summed E-state index contributed by atoms with van der Waals surface area (Å²) in [6.07, 6.45) is 0. The first-order chi connectivity index (χ1) is 10.6. The number of H-pyrrole nitrogens is 1. The highest BCUT2D eigenvalue weighted by Gasteiger charge is 2.18. The van der Waals surface area contributed by atoms with Crippen molar-refractivity contribution >= 4 is 23.2 Å². The van der Waals surface area contributed by atoms with Gasteiger partial charge in [0.05, 0.1) is 18.9 Å². The molecule has 3 rings (SSSR count). The van der Waals surface area contributed by atoms with Gasteiger partial charge in [0.2, 0.25) is 0 Å². The van der Waals surface area contributed by atoms with E-state index in [2.05, 4.69) is 15.1 Å². The van der Waals surface area contributed by atoms with Crippen LogP contribution in [-0.2, 0) is 11.3 Å². The van der Waals surface area contributed by atoms with Crippen LogP contribution in [0.25, 0.3) is 0 Å². The van der Waals surface area contributed by atoms with Crippen LogP contribution < -0.4 is 4.74 Å². The van der Waals surface area contributed by atoms with Gasteiger partial charge in [-0.05, 0) is 25.1 Å². The highest BCUT2D eigenvalue weighted by Crippen LogP contribution is 2.32. The highest BCUT2D eigenvalue weighted by atomic mass is 35.5. The van der Waals surface area contributed by atoms with Crippen LogP contribution in [0, 0.1) is 6.92 Å². The van der Waals surface area contributed by atoms with Crippen molar-refractivity contribution < 1.29 is 9.47 Å². The smallest absolute Gasteiger partial charge is 0.172 e. The number of rotatable bonds is 4. The van der Waals surface area contributed by atoms with Crippen LogP contribution in [0.1, 0.15) is 11.4 Å². The van der Waals surface area contributed by atoms with Crippen molar-refractivity contribution in [2.75, 3.05) is 26.3 Å². The molecule has 0 unspecified atom stereocenters. The summed E-state index contributed by atoms with van der Waals surface area (Å²) in [5.41, 5.74) is 1.75. The van der Waals surface area contributed by atoms with E-state index in [0.717, 1.165) is 50.0 Å². The summed E-state index contributed by atoms with van der Waals surface area (Å²) >= 11 is 12.0. The standard InChI is InChI=1S/C15H17Cl2N3O2/c1-10-15(22-13-7-11(16)6-12(17)8-13)14(19-18-10)9-20-2-4-21-5-3-20/h6-8H,2-5,9H2,1H3,(H,18,19). The van der Waals surface area contributed by atoms with Crippen LogP contribution in [0.15, 0.2) is 18.2 Å². The molecule has 2 heterocycles. The fraction of sp³-hybridized carbons (Fsp3) is 0.400. The predicted octanol–water partition coefficient (Wildman–Crippen LogP) is 3.65. The van der Waals surface area contributed by atoms with E-state index in [1.165, 1.54) is 0 Å². The van der Waals surface area contributed by atoms with Gasteiger partial charge in [0.1, 0.15) is 11.4 Å². The van der Waals surface area contributed by atoms with Gasteiger partial charge in [-0.2, -0.15) is 5.10 Å². The first-order valence-electron chi connectivity index (χ1n) is 7.10. The van der Waals surface area contributed by atoms with Gasteiger partial charge in [0, 0.05) is 29.7 Å². The quantitative estimate of drug-likeness (QED) is 0.922. The molecule has 0 aliphatic carbocycles. The Morgan fingerprint density at radius 3 is 2.59 bits per heavy atom. The van der Waals surface area contributed by atoms with Gasteiger partial charge in [0.25, 0.3) is 0 Å². The van der Waals surface area contributed by atoms with Crippen LogP contribution in [0.4, 0.5) is 0 Å². The molecule has 0 spiro atoms. The number of ether oxygens (including phenoxy) is 2. The second kappa shape index (κ2) is 6.87. The van der Waals surface area contributed by atoms with E-state index in [-0.39, 0.29) is 0 Å². The molecule has 7 heteroatoms. The maximum Gasteiger partial charge on any atom is 0.172 e. The van der Waals surface area contributed by atoms with Gasteiger partial charge in [-0.3, -0.25) is 10.00 Å². The van der Waals surface area contributed by atoms with Gasteiger partial charge >= 0.3 is 0 Å². The monoisotopic (exact) mass is 341 g/mol. The summed E-state index contributed by atoms with van der Waals surface area (Å²) in [6.45, 7) is 5.97. The molecular weight excluding hydrogens is 325 g/mol. The summed E-state index contributed by atoms with van der Waals surface area (Å²) in [6, 6.07) is 5.14. The Kier molecular flexibility index (Phi) is 4.88. The number of halogens is 2. The molecule has 22 heavy (non-hydrogen) atoms. The van der Waals surface area contributed by atoms with E-state index >= 15 is 0 Å². The molecule has 118 valence electrons. The number of nitrogens with zero attached hydrogens (tertiary/aromatic N) is 2. The molecular formula is C15H17Cl2N3O2. The molecule has 5 nitrogen and oxygen atoms in total. The molecule has 1 saturated heterocycles. The average Bonchev–Trinajstić information content (AvgIpc) is 2.80. The van der Waals surface area contributed by atoms with Crippen LogP contribution >= 0.6 is 23.2 Å². The SMILES string of the molecule is Cc1n[nH]c(CN2CCOCC2)c1Oc1cc(Cl)cc(Cl)c1. The highest BCUT2D eigenvalue weighted by molar-refractivity contribution is 6.34. The van der Waals surface area contributed by atoms with E-state index in [9.17, 15) is 0 Å². The van der Waals surface area contributed by atoms with Gasteiger partial charge in [-0.25, -0.2) is 0 Å². The van der Waals surface area contributed by atoms with E-state index in [1.54, 1.807) is 18.2 Å². The first-order valence-corrected chi connectivity index (χ1v) is 7.85. The number of hydrogen-bond donors (Lipinski definition) is 1. The Bertz CT molecular complexity index is 634. The van der Waals surface area contributed by atoms with Gasteiger partial charge < -0.3 is 9.47 Å². The Labute approximate surface area is 139 Å². The summed E-state index contributed by atoms with van der Waals surface area (Å²) < 4.78 is 11.3. The fourth-order valence-electron chi connectivity index (χ4n) is 2.40. The fourth-order valence-corrected chi connectivity index (χ4v) is 2.91. The molecule has 1 N–H and O–H groups in total. The largest absolute Gasteiger partial charge is 0.453 e. The Balaban J connectivity index is 1.79. The lowest BCUT2D eigenvalue weighted by Gasteiger charge is -2.26. The number of benzene rings is 1. The third-order valence-electron chi connectivity index (χ3n) is 3.50. The predicted molar refractivity (Wildman–Crippen MR) is 86.0 cm³/mol. The van der Waals surface area contributed by atoms with Crippen molar-refractivity contribution in [2.24, 2.45) is 0 Å². The molecule has 2 aromatic rings. The van der Waals surface area contributed by atoms with Crippen LogP contribution in [0.5, 0.6) is 11.5 Å². The summed E-state index contributed by atoms with van der Waals surface area (Å²) in [4.78, 5) is 2.30. The molecule has 0 bridgehead atoms. The zero-order chi connectivity index (χ0) is 15.5. The minimum absolute atomic E-state index is 0.540. The van der Waals surface area contributed by atoms with Crippen LogP contribution in [0.3, 0.4) is 0 Å². The number of nitrogens with one attached hydrogen (secondary N) is 1. The number of aromatic nitrogens is 2. The molecule has 0 atom stereocenters. The zero-order valence-corrected chi connectivity index (χ0v) is 13.7. The second-order valence-electron chi connectivity index (χ2n) is 5.21. The van der Waals surface area contributed by atoms with Gasteiger partial charge in [0.15, 0.2) is 5.75 Å². The molecule has 1 aliphatic heterocycles. The lowest BCUT2D eigenvalue weighted by molar-refractivity contribution is 0.0334. The van der Waals surface area contributed by atoms with E-state index < -0.39 is 0 Å². The minimum atomic E-state index is 0.540. The molecule has 1 fully saturated rings. The number of morpholine rings is 1. The minimum Gasteiger partial charge on any atom is -0.453 e. The molecule has 0 amide bonds. The lowest BCUT2D eigenvalue weighted by Crippen LogP contribution is -2.35. The van der Waals surface area contributed by atoms with E-state index in [4.69, 9.17) is 32.7 Å². The van der Waals surface area contributed by atoms with Crippen molar-refractivity contribution in [3.05, 3.63) is 39.6 Å². The van der Waals surface area contributed by atoms with Crippen molar-refractivity contribution in [3.63, 3.8) is 0 Å². The molecule has 1 aromatic heterocycles. The van der Waals surface area contributed by atoms with Gasteiger partial charge in [-0.15, -0.1) is 0 Å². The van der Waals surface area contributed by atoms with Crippen molar-refractivity contribution in [3.8, 4) is 11.5 Å². The third kappa shape index (κ3) is 3.73. The molecule has 0 saturated carbocycles. The molecule has 1 aliphatic rings.